The number of carbonyl (C=O) groups is 2. The highest BCUT2D eigenvalue weighted by atomic mass is 16.6. The highest BCUT2D eigenvalue weighted by Crippen LogP contribution is 2.01. The summed E-state index contributed by atoms with van der Waals surface area (Å²) in [6, 6.07) is 0. The van der Waals surface area contributed by atoms with Crippen LogP contribution in [0.2, 0.25) is 0 Å². The first-order chi connectivity index (χ1) is 11.9. The van der Waals surface area contributed by atoms with Crippen molar-refractivity contribution in [2.75, 3.05) is 6.79 Å². The van der Waals surface area contributed by atoms with Crippen molar-refractivity contribution in [1.82, 2.24) is 0 Å². The summed E-state index contributed by atoms with van der Waals surface area (Å²) in [5, 5.41) is 8.51. The van der Waals surface area contributed by atoms with E-state index in [9.17, 15) is 9.59 Å². The predicted molar refractivity (Wildman–Crippen MR) is 102 cm³/mol. The quantitative estimate of drug-likeness (QED) is 0.225. The molecule has 0 bridgehead atoms. The molecule has 4 nitrogen and oxygen atoms in total. The minimum Gasteiger partial charge on any atom is -0.435 e. The first-order valence-corrected chi connectivity index (χ1v) is 7.85. The van der Waals surface area contributed by atoms with E-state index < -0.39 is 12.8 Å². The van der Waals surface area contributed by atoms with Gasteiger partial charge in [-0.2, -0.15) is 0 Å². The molecule has 4 heteroatoms. The summed E-state index contributed by atoms with van der Waals surface area (Å²) < 4.78 is 4.47. The summed E-state index contributed by atoms with van der Waals surface area (Å²) in [4.78, 5) is 21.7. The summed E-state index contributed by atoms with van der Waals surface area (Å²) in [5.41, 5.74) is 3.17. The lowest BCUT2D eigenvalue weighted by atomic mass is 10.2. The maximum atomic E-state index is 11.3. The molecule has 0 saturated carbocycles. The molecule has 0 rings (SSSR count). The first kappa shape index (κ1) is 22.3. The maximum Gasteiger partial charge on any atom is 0.335 e. The van der Waals surface area contributed by atoms with Gasteiger partial charge in [0, 0.05) is 5.57 Å². The van der Waals surface area contributed by atoms with Crippen LogP contribution in [0.4, 0.5) is 0 Å². The van der Waals surface area contributed by atoms with E-state index in [1.807, 2.05) is 56.4 Å². The second-order valence-corrected chi connectivity index (χ2v) is 5.36. The Bertz CT molecular complexity index is 653. The van der Waals surface area contributed by atoms with Gasteiger partial charge in [-0.25, -0.2) is 4.79 Å². The average molecular weight is 342 g/mol. The van der Waals surface area contributed by atoms with Gasteiger partial charge < -0.3 is 9.84 Å². The zero-order valence-corrected chi connectivity index (χ0v) is 15.2. The largest absolute Gasteiger partial charge is 0.435 e. The summed E-state index contributed by atoms with van der Waals surface area (Å²) in [5.74, 6) is -0.541. The van der Waals surface area contributed by atoms with Crippen LogP contribution in [-0.2, 0) is 14.3 Å². The molecule has 0 aromatic carbocycles. The van der Waals surface area contributed by atoms with Crippen LogP contribution in [0.3, 0.4) is 0 Å². The van der Waals surface area contributed by atoms with Crippen molar-refractivity contribution in [2.24, 2.45) is 0 Å². The van der Waals surface area contributed by atoms with Gasteiger partial charge in [0.15, 0.2) is 6.79 Å². The molecule has 0 heterocycles. The standard InChI is InChI=1S/C21H26O4/c1-17(11-7-13-19(3)15-22)9-5-6-10-18(2)12-8-14-20(4)21(24)25-16-23/h5-15,23H,16H2,1-4H3/b6-5+,11-7+,12-8+,17-9+,18-10+,19-13+,20-14+. The summed E-state index contributed by atoms with van der Waals surface area (Å²) in [6.45, 7) is 6.67. The number of hydrogen-bond acceptors (Lipinski definition) is 4. The van der Waals surface area contributed by atoms with Crippen LogP contribution in [0.15, 0.2) is 83.1 Å². The van der Waals surface area contributed by atoms with Gasteiger partial charge in [0.1, 0.15) is 6.29 Å². The van der Waals surface area contributed by atoms with E-state index in [4.69, 9.17) is 5.11 Å². The molecule has 0 aliphatic rings. The van der Waals surface area contributed by atoms with Gasteiger partial charge in [-0.1, -0.05) is 71.9 Å². The first-order valence-electron chi connectivity index (χ1n) is 7.85. The third-order valence-corrected chi connectivity index (χ3v) is 2.96. The smallest absolute Gasteiger partial charge is 0.335 e. The number of carbonyl (C=O) groups excluding carboxylic acids is 2. The zero-order chi connectivity index (χ0) is 19.1. The molecule has 0 aromatic heterocycles. The minimum absolute atomic E-state index is 0.415. The highest BCUT2D eigenvalue weighted by Gasteiger charge is 2.02. The molecule has 0 aliphatic heterocycles. The molecule has 0 unspecified atom stereocenters. The summed E-state index contributed by atoms with van der Waals surface area (Å²) in [7, 11) is 0. The molecule has 0 saturated heterocycles. The van der Waals surface area contributed by atoms with Crippen molar-refractivity contribution in [3.63, 3.8) is 0 Å². The summed E-state index contributed by atoms with van der Waals surface area (Å²) in [6.07, 6.45) is 19.3. The number of hydrogen-bond donors (Lipinski definition) is 1. The van der Waals surface area contributed by atoms with Gasteiger partial charge in [0.25, 0.3) is 0 Å². The van der Waals surface area contributed by atoms with E-state index in [1.165, 1.54) is 0 Å². The van der Waals surface area contributed by atoms with Gasteiger partial charge in [-0.05, 0) is 33.3 Å². The number of ether oxygens (including phenoxy) is 1. The molecule has 0 radical (unpaired) electrons. The fourth-order valence-electron chi connectivity index (χ4n) is 1.50. The SMILES string of the molecule is C\C(C=O)=C/C=C/C(C)=C/C=C/C=C(C)/C=C/C=C(\C)C(=O)OCO. The molecule has 0 amide bonds. The van der Waals surface area contributed by atoms with E-state index in [0.29, 0.717) is 11.1 Å². The number of aliphatic hydroxyl groups is 1. The van der Waals surface area contributed by atoms with Gasteiger partial charge in [0.05, 0.1) is 0 Å². The Morgan fingerprint density at radius 1 is 0.800 bits per heavy atom. The van der Waals surface area contributed by atoms with Crippen molar-refractivity contribution in [1.29, 1.82) is 0 Å². The number of aliphatic hydroxyl groups excluding tert-OH is 1. The monoisotopic (exact) mass is 342 g/mol. The maximum absolute atomic E-state index is 11.3. The van der Waals surface area contributed by atoms with E-state index in [2.05, 4.69) is 4.74 Å². The van der Waals surface area contributed by atoms with Crippen LogP contribution in [0, 0.1) is 0 Å². The zero-order valence-electron chi connectivity index (χ0n) is 15.2. The van der Waals surface area contributed by atoms with Gasteiger partial charge in [0.2, 0.25) is 0 Å². The molecule has 0 aromatic rings. The van der Waals surface area contributed by atoms with Gasteiger partial charge >= 0.3 is 5.97 Å². The van der Waals surface area contributed by atoms with Crippen LogP contribution in [0.25, 0.3) is 0 Å². The second kappa shape index (κ2) is 13.7. The number of rotatable bonds is 9. The van der Waals surface area contributed by atoms with Crippen molar-refractivity contribution in [2.45, 2.75) is 27.7 Å². The molecule has 0 aliphatic carbocycles. The van der Waals surface area contributed by atoms with Crippen molar-refractivity contribution < 1.29 is 19.4 Å². The summed E-state index contributed by atoms with van der Waals surface area (Å²) >= 11 is 0. The fraction of sp³-hybridized carbons (Fsp3) is 0.238. The molecule has 1 N–H and O–H groups in total. The molecular weight excluding hydrogens is 316 g/mol. The van der Waals surface area contributed by atoms with Crippen LogP contribution >= 0.6 is 0 Å². The van der Waals surface area contributed by atoms with Crippen LogP contribution in [0.1, 0.15) is 27.7 Å². The molecular formula is C21H26O4. The lowest BCUT2D eigenvalue weighted by molar-refractivity contribution is -0.146. The predicted octanol–water partition coefficient (Wildman–Crippen LogP) is 4.13. The Hall–Kier alpha value is -2.72. The van der Waals surface area contributed by atoms with E-state index in [1.54, 1.807) is 32.1 Å². The van der Waals surface area contributed by atoms with Gasteiger partial charge in [-0.15, -0.1) is 0 Å². The number of esters is 1. The normalized spacial score (nSPS) is 14.8. The van der Waals surface area contributed by atoms with Crippen molar-refractivity contribution in [3.8, 4) is 0 Å². The Kier molecular flexibility index (Phi) is 12.2. The molecule has 0 spiro atoms. The highest BCUT2D eigenvalue weighted by molar-refractivity contribution is 5.88. The van der Waals surface area contributed by atoms with E-state index >= 15 is 0 Å². The average Bonchev–Trinajstić information content (AvgIpc) is 2.58. The third-order valence-electron chi connectivity index (χ3n) is 2.96. The Balaban J connectivity index is 4.61. The van der Waals surface area contributed by atoms with Crippen LogP contribution < -0.4 is 0 Å². The van der Waals surface area contributed by atoms with Gasteiger partial charge in [-0.3, -0.25) is 4.79 Å². The minimum atomic E-state index is -0.618. The Morgan fingerprint density at radius 3 is 1.76 bits per heavy atom. The van der Waals surface area contributed by atoms with Crippen LogP contribution in [-0.4, -0.2) is 24.2 Å². The second-order valence-electron chi connectivity index (χ2n) is 5.36. The molecule has 0 atom stereocenters. The lowest BCUT2D eigenvalue weighted by Crippen LogP contribution is -2.05. The lowest BCUT2D eigenvalue weighted by Gasteiger charge is -1.98. The molecule has 134 valence electrons. The third kappa shape index (κ3) is 12.4. The topological polar surface area (TPSA) is 63.6 Å². The number of aldehydes is 1. The molecule has 0 fully saturated rings. The van der Waals surface area contributed by atoms with E-state index in [-0.39, 0.29) is 0 Å². The fourth-order valence-corrected chi connectivity index (χ4v) is 1.50. The Morgan fingerprint density at radius 2 is 1.28 bits per heavy atom. The van der Waals surface area contributed by atoms with Crippen LogP contribution in [0.5, 0.6) is 0 Å². The number of allylic oxidation sites excluding steroid dienone is 13. The van der Waals surface area contributed by atoms with E-state index in [0.717, 1.165) is 17.4 Å². The molecule has 25 heavy (non-hydrogen) atoms. The van der Waals surface area contributed by atoms with Crippen molar-refractivity contribution >= 4 is 12.3 Å². The Labute approximate surface area is 149 Å². The van der Waals surface area contributed by atoms with Crippen molar-refractivity contribution in [3.05, 3.63) is 83.1 Å².